The summed E-state index contributed by atoms with van der Waals surface area (Å²) in [6.07, 6.45) is 0. The molecule has 1 saturated heterocycles. The Morgan fingerprint density at radius 1 is 0.963 bits per heavy atom. The van der Waals surface area contributed by atoms with Gasteiger partial charge in [-0.2, -0.15) is 0 Å². The molecule has 144 valence electrons. The topological polar surface area (TPSA) is 44.8 Å². The van der Waals surface area contributed by atoms with E-state index in [0.717, 1.165) is 44.0 Å². The van der Waals surface area contributed by atoms with Crippen LogP contribution in [0.25, 0.3) is 0 Å². The van der Waals surface area contributed by atoms with Crippen LogP contribution in [0.1, 0.15) is 5.56 Å². The summed E-state index contributed by atoms with van der Waals surface area (Å²) < 4.78 is 5.75. The van der Waals surface area contributed by atoms with Crippen molar-refractivity contribution in [1.29, 1.82) is 0 Å². The van der Waals surface area contributed by atoms with Crippen molar-refractivity contribution in [1.82, 2.24) is 15.1 Å². The largest absolute Gasteiger partial charge is 0.492 e. The van der Waals surface area contributed by atoms with Gasteiger partial charge in [0.2, 0.25) is 5.91 Å². The summed E-state index contributed by atoms with van der Waals surface area (Å²) in [7, 11) is 0. The fraction of sp³-hybridized carbons (Fsp3) is 0.381. The minimum absolute atomic E-state index is 0.0818. The SMILES string of the molecule is O=C(CN1CCN(CCOc2ccc(Cl)cc2)CC1)NCc1ccccc1. The number of rotatable bonds is 8. The highest BCUT2D eigenvalue weighted by Gasteiger charge is 2.18. The van der Waals surface area contributed by atoms with E-state index in [1.54, 1.807) is 0 Å². The molecule has 0 unspecified atom stereocenters. The van der Waals surface area contributed by atoms with E-state index in [2.05, 4.69) is 15.1 Å². The fourth-order valence-electron chi connectivity index (χ4n) is 3.05. The Labute approximate surface area is 165 Å². The molecule has 0 radical (unpaired) electrons. The van der Waals surface area contributed by atoms with Gasteiger partial charge >= 0.3 is 0 Å². The van der Waals surface area contributed by atoms with Crippen molar-refractivity contribution in [3.05, 3.63) is 65.2 Å². The number of nitrogens with one attached hydrogen (secondary N) is 1. The van der Waals surface area contributed by atoms with E-state index in [0.29, 0.717) is 24.7 Å². The Bertz CT molecular complexity index is 701. The van der Waals surface area contributed by atoms with E-state index in [4.69, 9.17) is 16.3 Å². The van der Waals surface area contributed by atoms with Crippen LogP contribution in [0.5, 0.6) is 5.75 Å². The molecule has 1 amide bonds. The van der Waals surface area contributed by atoms with E-state index < -0.39 is 0 Å². The molecule has 0 spiro atoms. The van der Waals surface area contributed by atoms with E-state index in [1.807, 2.05) is 54.6 Å². The Morgan fingerprint density at radius 3 is 2.33 bits per heavy atom. The van der Waals surface area contributed by atoms with Gasteiger partial charge in [0.05, 0.1) is 6.54 Å². The highest BCUT2D eigenvalue weighted by atomic mass is 35.5. The molecule has 2 aromatic carbocycles. The van der Waals surface area contributed by atoms with Crippen LogP contribution in [-0.2, 0) is 11.3 Å². The third kappa shape index (κ3) is 6.86. The third-order valence-corrected chi connectivity index (χ3v) is 4.91. The maximum Gasteiger partial charge on any atom is 0.234 e. The van der Waals surface area contributed by atoms with Crippen molar-refractivity contribution in [3.8, 4) is 5.75 Å². The maximum absolute atomic E-state index is 12.1. The third-order valence-electron chi connectivity index (χ3n) is 4.65. The standard InChI is InChI=1S/C21H26ClN3O2/c22-19-6-8-20(9-7-19)27-15-14-24-10-12-25(13-11-24)17-21(26)23-16-18-4-2-1-3-5-18/h1-9H,10-17H2,(H,23,26). The minimum atomic E-state index is 0.0818. The normalized spacial score (nSPS) is 15.4. The van der Waals surface area contributed by atoms with Gasteiger partial charge < -0.3 is 10.1 Å². The lowest BCUT2D eigenvalue weighted by molar-refractivity contribution is -0.122. The second-order valence-electron chi connectivity index (χ2n) is 6.68. The van der Waals surface area contributed by atoms with E-state index >= 15 is 0 Å². The average Bonchev–Trinajstić information content (AvgIpc) is 2.70. The fourth-order valence-corrected chi connectivity index (χ4v) is 3.18. The lowest BCUT2D eigenvalue weighted by Crippen LogP contribution is -2.50. The van der Waals surface area contributed by atoms with Crippen LogP contribution in [0.3, 0.4) is 0 Å². The number of piperazine rings is 1. The van der Waals surface area contributed by atoms with Crippen LogP contribution < -0.4 is 10.1 Å². The van der Waals surface area contributed by atoms with Crippen LogP contribution in [-0.4, -0.2) is 61.6 Å². The molecule has 0 saturated carbocycles. The second kappa shape index (κ2) is 10.3. The lowest BCUT2D eigenvalue weighted by atomic mass is 10.2. The minimum Gasteiger partial charge on any atom is -0.492 e. The predicted octanol–water partition coefficient (Wildman–Crippen LogP) is 2.65. The van der Waals surface area contributed by atoms with Gasteiger partial charge in [0, 0.05) is 44.3 Å². The molecule has 1 N–H and O–H groups in total. The molecule has 1 fully saturated rings. The number of halogens is 1. The zero-order valence-corrected chi connectivity index (χ0v) is 16.2. The molecular weight excluding hydrogens is 362 g/mol. The van der Waals surface area contributed by atoms with E-state index in [-0.39, 0.29) is 5.91 Å². The molecule has 1 aliphatic heterocycles. The Hall–Kier alpha value is -2.08. The lowest BCUT2D eigenvalue weighted by Gasteiger charge is -2.34. The molecule has 5 nitrogen and oxygen atoms in total. The van der Waals surface area contributed by atoms with Gasteiger partial charge in [-0.3, -0.25) is 14.6 Å². The Morgan fingerprint density at radius 2 is 1.63 bits per heavy atom. The number of hydrogen-bond donors (Lipinski definition) is 1. The van der Waals surface area contributed by atoms with Gasteiger partial charge in [-0.1, -0.05) is 41.9 Å². The first-order valence-electron chi connectivity index (χ1n) is 9.33. The molecule has 1 heterocycles. The Kier molecular flexibility index (Phi) is 7.51. The summed E-state index contributed by atoms with van der Waals surface area (Å²) >= 11 is 5.87. The molecule has 0 atom stereocenters. The number of amides is 1. The highest BCUT2D eigenvalue weighted by molar-refractivity contribution is 6.30. The zero-order chi connectivity index (χ0) is 18.9. The van der Waals surface area contributed by atoms with E-state index in [1.165, 1.54) is 0 Å². The number of benzene rings is 2. The van der Waals surface area contributed by atoms with Crippen molar-refractivity contribution >= 4 is 17.5 Å². The van der Waals surface area contributed by atoms with Gasteiger partial charge in [0.1, 0.15) is 12.4 Å². The summed E-state index contributed by atoms with van der Waals surface area (Å²) in [5.41, 5.74) is 1.12. The zero-order valence-electron chi connectivity index (χ0n) is 15.4. The molecule has 2 aromatic rings. The maximum atomic E-state index is 12.1. The van der Waals surface area contributed by atoms with Gasteiger partial charge in [-0.15, -0.1) is 0 Å². The molecule has 0 aliphatic carbocycles. The number of nitrogens with zero attached hydrogens (tertiary/aromatic N) is 2. The van der Waals surface area contributed by atoms with Crippen LogP contribution in [0.2, 0.25) is 5.02 Å². The van der Waals surface area contributed by atoms with Gasteiger partial charge in [0.25, 0.3) is 0 Å². The first-order valence-corrected chi connectivity index (χ1v) is 9.70. The molecule has 3 rings (SSSR count). The summed E-state index contributed by atoms with van der Waals surface area (Å²) in [5.74, 6) is 0.923. The van der Waals surface area contributed by atoms with Crippen molar-refractivity contribution in [2.45, 2.75) is 6.54 Å². The van der Waals surface area contributed by atoms with Gasteiger partial charge in [-0.05, 0) is 29.8 Å². The summed E-state index contributed by atoms with van der Waals surface area (Å²) in [6, 6.07) is 17.4. The van der Waals surface area contributed by atoms with E-state index in [9.17, 15) is 4.79 Å². The smallest absolute Gasteiger partial charge is 0.234 e. The second-order valence-corrected chi connectivity index (χ2v) is 7.12. The number of ether oxygens (including phenoxy) is 1. The molecule has 6 heteroatoms. The van der Waals surface area contributed by atoms with Crippen molar-refractivity contribution in [2.24, 2.45) is 0 Å². The first kappa shape index (κ1) is 19.7. The molecule has 0 aromatic heterocycles. The highest BCUT2D eigenvalue weighted by Crippen LogP contribution is 2.15. The van der Waals surface area contributed by atoms with Crippen LogP contribution in [0.4, 0.5) is 0 Å². The number of carbonyl (C=O) groups is 1. The molecule has 0 bridgehead atoms. The first-order chi connectivity index (χ1) is 13.2. The monoisotopic (exact) mass is 387 g/mol. The van der Waals surface area contributed by atoms with Crippen molar-refractivity contribution in [2.75, 3.05) is 45.9 Å². The molecule has 27 heavy (non-hydrogen) atoms. The summed E-state index contributed by atoms with van der Waals surface area (Å²) in [5, 5.41) is 3.70. The summed E-state index contributed by atoms with van der Waals surface area (Å²) in [4.78, 5) is 16.7. The number of carbonyl (C=O) groups excluding carboxylic acids is 1. The Balaban J connectivity index is 1.29. The predicted molar refractivity (Wildman–Crippen MR) is 108 cm³/mol. The van der Waals surface area contributed by atoms with Gasteiger partial charge in [-0.25, -0.2) is 0 Å². The number of hydrogen-bond acceptors (Lipinski definition) is 4. The van der Waals surface area contributed by atoms with Crippen LogP contribution in [0.15, 0.2) is 54.6 Å². The average molecular weight is 388 g/mol. The van der Waals surface area contributed by atoms with Crippen LogP contribution in [0, 0.1) is 0 Å². The van der Waals surface area contributed by atoms with Crippen molar-refractivity contribution < 1.29 is 9.53 Å². The molecule has 1 aliphatic rings. The quantitative estimate of drug-likeness (QED) is 0.756. The van der Waals surface area contributed by atoms with Crippen LogP contribution >= 0.6 is 11.6 Å². The van der Waals surface area contributed by atoms with Gasteiger partial charge in [0.15, 0.2) is 0 Å². The molecular formula is C21H26ClN3O2. The van der Waals surface area contributed by atoms with Crippen molar-refractivity contribution in [3.63, 3.8) is 0 Å². The summed E-state index contributed by atoms with van der Waals surface area (Å²) in [6.45, 7) is 6.30.